The molecule has 39 heavy (non-hydrogen) atoms. The number of nitrogens with zero attached hydrogens (tertiary/aromatic N) is 1. The minimum Gasteiger partial charge on any atom is -0.508 e. The highest BCUT2D eigenvalue weighted by Gasteiger charge is 2.43. The Balaban J connectivity index is 2.07. The van der Waals surface area contributed by atoms with E-state index in [1.54, 1.807) is 50.8 Å². The molecule has 0 bridgehead atoms. The van der Waals surface area contributed by atoms with Gasteiger partial charge in [-0.3, -0.25) is 9.59 Å². The Kier molecular flexibility index (Phi) is 9.30. The monoisotopic (exact) mass is 537 g/mol. The quantitative estimate of drug-likeness (QED) is 0.387. The van der Waals surface area contributed by atoms with Crippen LogP contribution >= 0.6 is 0 Å². The Hall–Kier alpha value is -3.55. The van der Waals surface area contributed by atoms with Gasteiger partial charge in [0.2, 0.25) is 5.91 Å². The molecule has 212 valence electrons. The SMILES string of the molecule is Cc1cc(C(C(=O)Nc2c(C)cccc2C)N(C(=O)C(NC(=O)OC(C)(C)C)C(C)C)C2CCC2)ccc1O. The number of aromatic hydroxyl groups is 1. The van der Waals surface area contributed by atoms with E-state index in [9.17, 15) is 19.5 Å². The van der Waals surface area contributed by atoms with E-state index >= 15 is 0 Å². The van der Waals surface area contributed by atoms with Crippen molar-refractivity contribution in [3.8, 4) is 5.75 Å². The largest absolute Gasteiger partial charge is 0.508 e. The van der Waals surface area contributed by atoms with Crippen LogP contribution in [0.15, 0.2) is 36.4 Å². The predicted octanol–water partition coefficient (Wildman–Crippen LogP) is 5.93. The van der Waals surface area contributed by atoms with Crippen LogP contribution < -0.4 is 10.6 Å². The number of nitrogens with one attached hydrogen (secondary N) is 2. The minimum absolute atomic E-state index is 0.112. The van der Waals surface area contributed by atoms with E-state index in [-0.39, 0.29) is 29.5 Å². The van der Waals surface area contributed by atoms with E-state index in [0.717, 1.165) is 30.4 Å². The predicted molar refractivity (Wildman–Crippen MR) is 153 cm³/mol. The van der Waals surface area contributed by atoms with Gasteiger partial charge >= 0.3 is 6.09 Å². The van der Waals surface area contributed by atoms with Gasteiger partial charge < -0.3 is 25.4 Å². The number of carbonyl (C=O) groups excluding carboxylic acids is 3. The van der Waals surface area contributed by atoms with Gasteiger partial charge in [0.15, 0.2) is 0 Å². The van der Waals surface area contributed by atoms with Gasteiger partial charge in [-0.1, -0.05) is 38.1 Å². The third kappa shape index (κ3) is 7.31. The molecule has 8 nitrogen and oxygen atoms in total. The Morgan fingerprint density at radius 3 is 2.10 bits per heavy atom. The average Bonchev–Trinajstić information content (AvgIpc) is 2.79. The standard InChI is InChI=1S/C31H43N3O5/c1-18(2)25(33-30(38)39-31(6,7)8)29(37)34(23-13-10-14-23)27(22-15-16-24(35)21(5)17-22)28(36)32-26-19(3)11-9-12-20(26)4/h9,11-12,15-18,23,25,27,35H,10,13-14H2,1-8H3,(H,32,36)(H,33,38). The first-order valence-electron chi connectivity index (χ1n) is 13.7. The first-order valence-corrected chi connectivity index (χ1v) is 13.7. The summed E-state index contributed by atoms with van der Waals surface area (Å²) in [5.41, 5.74) is 3.00. The van der Waals surface area contributed by atoms with Crippen LogP contribution in [0.4, 0.5) is 10.5 Å². The van der Waals surface area contributed by atoms with Crippen molar-refractivity contribution >= 4 is 23.6 Å². The fourth-order valence-corrected chi connectivity index (χ4v) is 4.78. The molecule has 1 saturated carbocycles. The Morgan fingerprint density at radius 1 is 1.00 bits per heavy atom. The van der Waals surface area contributed by atoms with Crippen molar-refractivity contribution in [1.82, 2.24) is 10.2 Å². The molecule has 0 aliphatic heterocycles. The van der Waals surface area contributed by atoms with Gasteiger partial charge in [0, 0.05) is 11.7 Å². The fraction of sp³-hybridized carbons (Fsp3) is 0.516. The molecule has 0 spiro atoms. The van der Waals surface area contributed by atoms with Crippen LogP contribution in [0.5, 0.6) is 5.75 Å². The molecule has 1 fully saturated rings. The molecular formula is C31H43N3O5. The minimum atomic E-state index is -0.970. The Bertz CT molecular complexity index is 1190. The summed E-state index contributed by atoms with van der Waals surface area (Å²) >= 11 is 0. The zero-order valence-electron chi connectivity index (χ0n) is 24.4. The van der Waals surface area contributed by atoms with E-state index in [2.05, 4.69) is 10.6 Å². The van der Waals surface area contributed by atoms with Crippen molar-refractivity contribution in [2.45, 2.75) is 98.4 Å². The maximum atomic E-state index is 14.3. The van der Waals surface area contributed by atoms with Crippen LogP contribution in [-0.4, -0.2) is 45.6 Å². The number of amides is 3. The fourth-order valence-electron chi connectivity index (χ4n) is 4.78. The number of benzene rings is 2. The molecule has 3 amide bonds. The smallest absolute Gasteiger partial charge is 0.408 e. The molecule has 1 aliphatic rings. The van der Waals surface area contributed by atoms with Crippen LogP contribution in [0.25, 0.3) is 0 Å². The van der Waals surface area contributed by atoms with Gasteiger partial charge in [-0.05, 0) is 101 Å². The third-order valence-electron chi connectivity index (χ3n) is 7.12. The summed E-state index contributed by atoms with van der Waals surface area (Å²) in [5.74, 6) is -0.831. The lowest BCUT2D eigenvalue weighted by Crippen LogP contribution is -2.58. The van der Waals surface area contributed by atoms with Crippen molar-refractivity contribution in [2.24, 2.45) is 5.92 Å². The topological polar surface area (TPSA) is 108 Å². The summed E-state index contributed by atoms with van der Waals surface area (Å²) in [5, 5.41) is 16.0. The van der Waals surface area contributed by atoms with Crippen molar-refractivity contribution < 1.29 is 24.2 Å². The van der Waals surface area contributed by atoms with Gasteiger partial charge in [-0.15, -0.1) is 0 Å². The summed E-state index contributed by atoms with van der Waals surface area (Å²) in [6, 6.07) is 8.73. The highest BCUT2D eigenvalue weighted by molar-refractivity contribution is 6.00. The number of phenolic OH excluding ortho intramolecular Hbond substituents is 1. The van der Waals surface area contributed by atoms with Crippen molar-refractivity contribution in [1.29, 1.82) is 0 Å². The molecule has 1 aliphatic carbocycles. The van der Waals surface area contributed by atoms with Gasteiger partial charge in [-0.25, -0.2) is 4.79 Å². The number of hydrogen-bond donors (Lipinski definition) is 3. The number of para-hydroxylation sites is 1. The molecule has 3 N–H and O–H groups in total. The van der Waals surface area contributed by atoms with Crippen LogP contribution in [0, 0.1) is 26.7 Å². The molecule has 0 saturated heterocycles. The Labute approximate surface area is 232 Å². The summed E-state index contributed by atoms with van der Waals surface area (Å²) in [4.78, 5) is 42.8. The van der Waals surface area contributed by atoms with E-state index in [1.807, 2.05) is 45.9 Å². The molecular weight excluding hydrogens is 494 g/mol. The number of carbonyl (C=O) groups is 3. The van der Waals surface area contributed by atoms with Crippen LogP contribution in [0.1, 0.15) is 82.2 Å². The number of alkyl carbamates (subject to hydrolysis) is 1. The summed E-state index contributed by atoms with van der Waals surface area (Å²) in [6.45, 7) is 14.6. The van der Waals surface area contributed by atoms with Gasteiger partial charge in [-0.2, -0.15) is 0 Å². The summed E-state index contributed by atoms with van der Waals surface area (Å²) < 4.78 is 5.45. The molecule has 0 heterocycles. The zero-order chi connectivity index (χ0) is 29.1. The van der Waals surface area contributed by atoms with Crippen molar-refractivity contribution in [3.05, 3.63) is 58.7 Å². The number of ether oxygens (including phenoxy) is 1. The molecule has 2 atom stereocenters. The van der Waals surface area contributed by atoms with E-state index in [0.29, 0.717) is 16.8 Å². The van der Waals surface area contributed by atoms with Crippen molar-refractivity contribution in [2.75, 3.05) is 5.32 Å². The van der Waals surface area contributed by atoms with Crippen LogP contribution in [0.2, 0.25) is 0 Å². The molecule has 2 aromatic rings. The lowest BCUT2D eigenvalue weighted by atomic mass is 9.87. The van der Waals surface area contributed by atoms with Gasteiger partial charge in [0.25, 0.3) is 5.91 Å². The average molecular weight is 538 g/mol. The highest BCUT2D eigenvalue weighted by atomic mass is 16.6. The molecule has 3 rings (SSSR count). The molecule has 0 aromatic heterocycles. The zero-order valence-corrected chi connectivity index (χ0v) is 24.4. The Morgan fingerprint density at radius 2 is 1.62 bits per heavy atom. The maximum Gasteiger partial charge on any atom is 0.408 e. The second kappa shape index (κ2) is 12.1. The summed E-state index contributed by atoms with van der Waals surface area (Å²) in [6.07, 6.45) is 1.78. The second-order valence-electron chi connectivity index (χ2n) is 11.9. The van der Waals surface area contributed by atoms with Gasteiger partial charge in [0.05, 0.1) is 0 Å². The molecule has 0 radical (unpaired) electrons. The first-order chi connectivity index (χ1) is 18.2. The third-order valence-corrected chi connectivity index (χ3v) is 7.12. The number of phenols is 1. The van der Waals surface area contributed by atoms with Crippen LogP contribution in [0.3, 0.4) is 0 Å². The van der Waals surface area contributed by atoms with E-state index in [1.165, 1.54) is 0 Å². The lowest BCUT2D eigenvalue weighted by molar-refractivity contribution is -0.146. The molecule has 2 aromatic carbocycles. The number of aryl methyl sites for hydroxylation is 3. The van der Waals surface area contributed by atoms with Crippen LogP contribution in [-0.2, 0) is 14.3 Å². The molecule has 2 unspecified atom stereocenters. The second-order valence-corrected chi connectivity index (χ2v) is 11.9. The molecule has 8 heteroatoms. The number of hydrogen-bond acceptors (Lipinski definition) is 5. The van der Waals surface area contributed by atoms with E-state index in [4.69, 9.17) is 4.74 Å². The van der Waals surface area contributed by atoms with E-state index < -0.39 is 23.8 Å². The number of anilines is 1. The normalized spacial score (nSPS) is 15.2. The number of rotatable bonds is 8. The first kappa shape index (κ1) is 30.0. The van der Waals surface area contributed by atoms with Gasteiger partial charge in [0.1, 0.15) is 23.4 Å². The lowest BCUT2D eigenvalue weighted by Gasteiger charge is -2.44. The highest BCUT2D eigenvalue weighted by Crippen LogP contribution is 2.36. The maximum absolute atomic E-state index is 14.3. The van der Waals surface area contributed by atoms with Crippen molar-refractivity contribution in [3.63, 3.8) is 0 Å². The summed E-state index contributed by atoms with van der Waals surface area (Å²) in [7, 11) is 0.